The Balaban J connectivity index is 2.68. The van der Waals surface area contributed by atoms with E-state index in [2.05, 4.69) is 10.6 Å². The van der Waals surface area contributed by atoms with Crippen molar-refractivity contribution in [3.63, 3.8) is 0 Å². The molecule has 1 unspecified atom stereocenters. The minimum absolute atomic E-state index is 0.0915. The molecule has 0 saturated carbocycles. The van der Waals surface area contributed by atoms with Crippen molar-refractivity contribution in [3.05, 3.63) is 35.5 Å². The van der Waals surface area contributed by atoms with Crippen molar-refractivity contribution in [1.82, 2.24) is 10.6 Å². The number of ether oxygens (including phenoxy) is 3. The van der Waals surface area contributed by atoms with Crippen LogP contribution in [0.5, 0.6) is 11.5 Å². The predicted octanol–water partition coefficient (Wildman–Crippen LogP) is 1.83. The van der Waals surface area contributed by atoms with Crippen molar-refractivity contribution in [2.24, 2.45) is 0 Å². The lowest BCUT2D eigenvalue weighted by Crippen LogP contribution is -2.28. The zero-order valence-electron chi connectivity index (χ0n) is 16.0. The molecular formula is C19H25N3O5. The topological polar surface area (TPSA) is 110 Å². The average Bonchev–Trinajstić information content (AvgIpc) is 2.67. The van der Waals surface area contributed by atoms with Gasteiger partial charge in [-0.3, -0.25) is 9.59 Å². The van der Waals surface area contributed by atoms with Gasteiger partial charge in [0.1, 0.15) is 11.6 Å². The molecule has 1 aromatic rings. The van der Waals surface area contributed by atoms with Crippen LogP contribution in [0.25, 0.3) is 0 Å². The highest BCUT2D eigenvalue weighted by atomic mass is 16.5. The molecule has 0 radical (unpaired) electrons. The molecular weight excluding hydrogens is 350 g/mol. The summed E-state index contributed by atoms with van der Waals surface area (Å²) in [6.45, 7) is 4.10. The first-order chi connectivity index (χ1) is 13.0. The second-order valence-electron chi connectivity index (χ2n) is 5.49. The molecule has 0 saturated heterocycles. The molecule has 27 heavy (non-hydrogen) atoms. The monoisotopic (exact) mass is 375 g/mol. The van der Waals surface area contributed by atoms with E-state index in [4.69, 9.17) is 14.2 Å². The van der Waals surface area contributed by atoms with Gasteiger partial charge in [-0.2, -0.15) is 5.26 Å². The third kappa shape index (κ3) is 6.90. The van der Waals surface area contributed by atoms with Crippen LogP contribution in [0.2, 0.25) is 0 Å². The zero-order valence-corrected chi connectivity index (χ0v) is 16.0. The van der Waals surface area contributed by atoms with Crippen molar-refractivity contribution in [2.45, 2.75) is 26.3 Å². The van der Waals surface area contributed by atoms with Gasteiger partial charge in [-0.15, -0.1) is 0 Å². The first-order valence-electron chi connectivity index (χ1n) is 8.48. The highest BCUT2D eigenvalue weighted by molar-refractivity contribution is 5.97. The van der Waals surface area contributed by atoms with Crippen LogP contribution in [-0.2, 0) is 14.3 Å². The molecule has 0 heterocycles. The number of nitrogens with one attached hydrogen (secondary N) is 2. The fourth-order valence-corrected chi connectivity index (χ4v) is 2.21. The molecule has 1 amide bonds. The van der Waals surface area contributed by atoms with Gasteiger partial charge >= 0.3 is 5.97 Å². The van der Waals surface area contributed by atoms with Crippen LogP contribution in [0.15, 0.2) is 30.0 Å². The summed E-state index contributed by atoms with van der Waals surface area (Å²) in [6, 6.07) is 6.80. The third-order valence-electron chi connectivity index (χ3n) is 3.65. The van der Waals surface area contributed by atoms with Crippen molar-refractivity contribution >= 4 is 11.9 Å². The highest BCUT2D eigenvalue weighted by Gasteiger charge is 2.15. The lowest BCUT2D eigenvalue weighted by atomic mass is 10.1. The summed E-state index contributed by atoms with van der Waals surface area (Å²) in [5.41, 5.74) is 0.708. The molecule has 8 nitrogen and oxygen atoms in total. The summed E-state index contributed by atoms with van der Waals surface area (Å²) in [4.78, 5) is 23.5. The summed E-state index contributed by atoms with van der Waals surface area (Å²) in [7, 11) is 3.07. The van der Waals surface area contributed by atoms with E-state index in [1.54, 1.807) is 39.2 Å². The van der Waals surface area contributed by atoms with E-state index in [9.17, 15) is 14.9 Å². The standard InChI is InChI=1S/C19H25N3O5/c1-5-27-18(23)8-9-21-12-15(11-20)19(24)22-13(2)14-6-7-16(25-3)17(10-14)26-4/h6-7,10,12-13,21H,5,8-9H2,1-4H3,(H,22,24)/b15-12-. The maximum absolute atomic E-state index is 12.3. The summed E-state index contributed by atoms with van der Waals surface area (Å²) < 4.78 is 15.2. The number of amides is 1. The van der Waals surface area contributed by atoms with Crippen LogP contribution in [0.3, 0.4) is 0 Å². The number of nitriles is 1. The summed E-state index contributed by atoms with van der Waals surface area (Å²) in [6.07, 6.45) is 1.43. The molecule has 1 rings (SSSR count). The number of benzene rings is 1. The van der Waals surface area contributed by atoms with Crippen LogP contribution in [0, 0.1) is 11.3 Å². The number of methoxy groups -OCH3 is 2. The maximum atomic E-state index is 12.3. The normalized spacial score (nSPS) is 11.7. The molecule has 0 spiro atoms. The van der Waals surface area contributed by atoms with E-state index in [-0.39, 0.29) is 30.5 Å². The van der Waals surface area contributed by atoms with Crippen molar-refractivity contribution in [3.8, 4) is 17.6 Å². The van der Waals surface area contributed by atoms with Crippen LogP contribution in [0.1, 0.15) is 31.9 Å². The Morgan fingerprint density at radius 2 is 1.96 bits per heavy atom. The highest BCUT2D eigenvalue weighted by Crippen LogP contribution is 2.29. The number of carbonyl (C=O) groups excluding carboxylic acids is 2. The molecule has 0 bridgehead atoms. The smallest absolute Gasteiger partial charge is 0.307 e. The fraction of sp³-hybridized carbons (Fsp3) is 0.421. The third-order valence-corrected chi connectivity index (χ3v) is 3.65. The van der Waals surface area contributed by atoms with Gasteiger partial charge < -0.3 is 24.8 Å². The van der Waals surface area contributed by atoms with Crippen LogP contribution >= 0.6 is 0 Å². The van der Waals surface area contributed by atoms with Crippen molar-refractivity contribution in [1.29, 1.82) is 5.26 Å². The Morgan fingerprint density at radius 1 is 1.26 bits per heavy atom. The lowest BCUT2D eigenvalue weighted by Gasteiger charge is -2.16. The molecule has 146 valence electrons. The number of nitrogens with zero attached hydrogens (tertiary/aromatic N) is 1. The predicted molar refractivity (Wildman–Crippen MR) is 99.1 cm³/mol. The van der Waals surface area contributed by atoms with Gasteiger partial charge in [-0.1, -0.05) is 6.07 Å². The van der Waals surface area contributed by atoms with Crippen LogP contribution in [-0.4, -0.2) is 39.2 Å². The minimum atomic E-state index is -0.525. The van der Waals surface area contributed by atoms with Gasteiger partial charge in [0, 0.05) is 12.7 Å². The first-order valence-corrected chi connectivity index (χ1v) is 8.48. The number of rotatable bonds is 10. The van der Waals surface area contributed by atoms with Crippen molar-refractivity contribution < 1.29 is 23.8 Å². The summed E-state index contributed by atoms with van der Waals surface area (Å²) in [5.74, 6) is 0.266. The largest absolute Gasteiger partial charge is 0.493 e. The quantitative estimate of drug-likeness (QED) is 0.278. The molecule has 0 aliphatic carbocycles. The van der Waals surface area contributed by atoms with Gasteiger partial charge in [0.05, 0.1) is 33.3 Å². The van der Waals surface area contributed by atoms with Gasteiger partial charge in [-0.05, 0) is 31.5 Å². The number of carbonyl (C=O) groups is 2. The van der Waals surface area contributed by atoms with E-state index < -0.39 is 5.91 Å². The van der Waals surface area contributed by atoms with E-state index in [1.165, 1.54) is 13.3 Å². The molecule has 2 N–H and O–H groups in total. The summed E-state index contributed by atoms with van der Waals surface area (Å²) in [5, 5.41) is 14.7. The molecule has 1 atom stereocenters. The van der Waals surface area contributed by atoms with E-state index in [0.717, 1.165) is 5.56 Å². The zero-order chi connectivity index (χ0) is 20.2. The second kappa shape index (κ2) is 11.4. The van der Waals surface area contributed by atoms with Crippen LogP contribution < -0.4 is 20.1 Å². The summed E-state index contributed by atoms with van der Waals surface area (Å²) >= 11 is 0. The number of esters is 1. The molecule has 0 aliphatic rings. The number of hydrogen-bond acceptors (Lipinski definition) is 7. The minimum Gasteiger partial charge on any atom is -0.493 e. The van der Waals surface area contributed by atoms with Gasteiger partial charge in [0.2, 0.25) is 0 Å². The lowest BCUT2D eigenvalue weighted by molar-refractivity contribution is -0.142. The van der Waals surface area contributed by atoms with Crippen LogP contribution in [0.4, 0.5) is 0 Å². The van der Waals surface area contributed by atoms with Gasteiger partial charge in [0.15, 0.2) is 11.5 Å². The Hall–Kier alpha value is -3.21. The molecule has 0 aromatic heterocycles. The van der Waals surface area contributed by atoms with E-state index in [1.807, 2.05) is 6.07 Å². The average molecular weight is 375 g/mol. The molecule has 0 fully saturated rings. The SMILES string of the molecule is CCOC(=O)CCN/C=C(/C#N)C(=O)NC(C)c1ccc(OC)c(OC)c1. The molecule has 8 heteroatoms. The van der Waals surface area contributed by atoms with Crippen molar-refractivity contribution in [2.75, 3.05) is 27.4 Å². The Morgan fingerprint density at radius 3 is 2.56 bits per heavy atom. The van der Waals surface area contributed by atoms with E-state index >= 15 is 0 Å². The molecule has 0 aliphatic heterocycles. The Labute approximate surface area is 159 Å². The number of hydrogen-bond donors (Lipinski definition) is 2. The fourth-order valence-electron chi connectivity index (χ4n) is 2.21. The Bertz CT molecular complexity index is 725. The second-order valence-corrected chi connectivity index (χ2v) is 5.49. The van der Waals surface area contributed by atoms with Gasteiger partial charge in [-0.25, -0.2) is 0 Å². The first kappa shape index (κ1) is 21.8. The Kier molecular flexibility index (Phi) is 9.23. The molecule has 1 aromatic carbocycles. The van der Waals surface area contributed by atoms with Gasteiger partial charge in [0.25, 0.3) is 5.91 Å². The maximum Gasteiger partial charge on any atom is 0.307 e. The van der Waals surface area contributed by atoms with E-state index in [0.29, 0.717) is 18.1 Å².